The highest BCUT2D eigenvalue weighted by Gasteiger charge is 2.36. The number of carbonyl (C=O) groups is 1. The second-order valence-electron chi connectivity index (χ2n) is 8.31. The standard InChI is InChI=1S/C25H26N2O3S/c1-4-30-20(28)16-31-24-26-22-19-13-9-8-12-18(19)14-25(2,3)21(22)23(29)27(24)15-17-10-6-5-7-11-17/h5-13H,4,14-16H2,1-3H3. The Labute approximate surface area is 186 Å². The van der Waals surface area contributed by atoms with Crippen LogP contribution in [0.25, 0.3) is 11.3 Å². The second-order valence-corrected chi connectivity index (χ2v) is 9.25. The summed E-state index contributed by atoms with van der Waals surface area (Å²) < 4.78 is 6.78. The van der Waals surface area contributed by atoms with Gasteiger partial charge in [0.15, 0.2) is 5.16 Å². The lowest BCUT2D eigenvalue weighted by Gasteiger charge is -2.33. The monoisotopic (exact) mass is 434 g/mol. The molecule has 5 nitrogen and oxygen atoms in total. The minimum Gasteiger partial charge on any atom is -0.465 e. The summed E-state index contributed by atoms with van der Waals surface area (Å²) in [6.07, 6.45) is 0.785. The Morgan fingerprint density at radius 2 is 1.84 bits per heavy atom. The number of thioether (sulfide) groups is 1. The molecular weight excluding hydrogens is 408 g/mol. The van der Waals surface area contributed by atoms with Crippen LogP contribution in [0.3, 0.4) is 0 Å². The third-order valence-corrected chi connectivity index (χ3v) is 6.47. The molecule has 4 rings (SSSR count). The molecule has 0 unspecified atom stereocenters. The van der Waals surface area contributed by atoms with Gasteiger partial charge in [0.1, 0.15) is 0 Å². The predicted octanol–water partition coefficient (Wildman–Crippen LogP) is 4.45. The van der Waals surface area contributed by atoms with Gasteiger partial charge in [-0.25, -0.2) is 4.98 Å². The Morgan fingerprint density at radius 1 is 1.13 bits per heavy atom. The maximum atomic E-state index is 13.8. The van der Waals surface area contributed by atoms with Crippen LogP contribution in [0.15, 0.2) is 64.5 Å². The van der Waals surface area contributed by atoms with Gasteiger partial charge in [0, 0.05) is 16.5 Å². The SMILES string of the molecule is CCOC(=O)CSc1nc2c(c(=O)n1Cc1ccccc1)C(C)(C)Cc1ccccc1-2. The summed E-state index contributed by atoms with van der Waals surface area (Å²) in [7, 11) is 0. The number of ether oxygens (including phenoxy) is 1. The molecule has 0 fully saturated rings. The molecule has 0 atom stereocenters. The van der Waals surface area contributed by atoms with E-state index in [0.29, 0.717) is 18.3 Å². The smallest absolute Gasteiger partial charge is 0.316 e. The van der Waals surface area contributed by atoms with Gasteiger partial charge in [-0.3, -0.25) is 14.2 Å². The van der Waals surface area contributed by atoms with Gasteiger partial charge in [-0.1, -0.05) is 80.2 Å². The maximum absolute atomic E-state index is 13.8. The molecule has 0 amide bonds. The van der Waals surface area contributed by atoms with Crippen molar-refractivity contribution in [3.8, 4) is 11.3 Å². The highest BCUT2D eigenvalue weighted by atomic mass is 32.2. The summed E-state index contributed by atoms with van der Waals surface area (Å²) in [6, 6.07) is 18.0. The van der Waals surface area contributed by atoms with E-state index in [9.17, 15) is 9.59 Å². The molecule has 31 heavy (non-hydrogen) atoms. The van der Waals surface area contributed by atoms with Crippen molar-refractivity contribution in [3.05, 3.63) is 81.6 Å². The van der Waals surface area contributed by atoms with Crippen LogP contribution < -0.4 is 5.56 Å². The van der Waals surface area contributed by atoms with Crippen molar-refractivity contribution in [3.63, 3.8) is 0 Å². The Hall–Kier alpha value is -2.86. The number of fused-ring (bicyclic) bond motifs is 3. The molecule has 6 heteroatoms. The molecule has 0 saturated carbocycles. The van der Waals surface area contributed by atoms with Crippen molar-refractivity contribution >= 4 is 17.7 Å². The van der Waals surface area contributed by atoms with Gasteiger partial charge in [0.2, 0.25) is 0 Å². The lowest BCUT2D eigenvalue weighted by Crippen LogP contribution is -2.38. The van der Waals surface area contributed by atoms with Crippen molar-refractivity contribution in [2.45, 2.75) is 44.3 Å². The van der Waals surface area contributed by atoms with Crippen molar-refractivity contribution in [1.82, 2.24) is 9.55 Å². The van der Waals surface area contributed by atoms with Crippen molar-refractivity contribution in [2.75, 3.05) is 12.4 Å². The fraction of sp³-hybridized carbons (Fsp3) is 0.320. The van der Waals surface area contributed by atoms with Gasteiger partial charge in [0.05, 0.1) is 24.6 Å². The van der Waals surface area contributed by atoms with Gasteiger partial charge >= 0.3 is 5.97 Å². The lowest BCUT2D eigenvalue weighted by molar-refractivity contribution is -0.139. The lowest BCUT2D eigenvalue weighted by atomic mass is 9.72. The fourth-order valence-electron chi connectivity index (χ4n) is 4.15. The molecule has 0 bridgehead atoms. The largest absolute Gasteiger partial charge is 0.465 e. The van der Waals surface area contributed by atoms with Gasteiger partial charge in [-0.2, -0.15) is 0 Å². The van der Waals surface area contributed by atoms with Crippen LogP contribution >= 0.6 is 11.8 Å². The van der Waals surface area contributed by atoms with Crippen LogP contribution in [0, 0.1) is 0 Å². The number of esters is 1. The Balaban J connectivity index is 1.87. The van der Waals surface area contributed by atoms with Crippen LogP contribution in [-0.2, 0) is 27.9 Å². The Kier molecular flexibility index (Phi) is 6.01. The summed E-state index contributed by atoms with van der Waals surface area (Å²) in [4.78, 5) is 30.8. The van der Waals surface area contributed by atoms with Gasteiger partial charge in [0.25, 0.3) is 5.56 Å². The molecule has 0 radical (unpaired) electrons. The Bertz CT molecular complexity index is 1170. The second kappa shape index (κ2) is 8.71. The van der Waals surface area contributed by atoms with Crippen LogP contribution in [0.2, 0.25) is 0 Å². The quantitative estimate of drug-likeness (QED) is 0.326. The first-order valence-corrected chi connectivity index (χ1v) is 11.4. The van der Waals surface area contributed by atoms with E-state index in [1.807, 2.05) is 48.5 Å². The zero-order valence-corrected chi connectivity index (χ0v) is 18.9. The summed E-state index contributed by atoms with van der Waals surface area (Å²) in [6.45, 7) is 6.72. The van der Waals surface area contributed by atoms with Gasteiger partial charge in [-0.05, 0) is 24.5 Å². The number of hydrogen-bond acceptors (Lipinski definition) is 5. The highest BCUT2D eigenvalue weighted by Crippen LogP contribution is 2.41. The normalized spacial score (nSPS) is 13.9. The van der Waals surface area contributed by atoms with Crippen molar-refractivity contribution in [2.24, 2.45) is 0 Å². The van der Waals surface area contributed by atoms with E-state index in [0.717, 1.165) is 28.8 Å². The van der Waals surface area contributed by atoms with Crippen molar-refractivity contribution < 1.29 is 9.53 Å². The first-order valence-electron chi connectivity index (χ1n) is 10.5. The molecule has 2 aromatic carbocycles. The average Bonchev–Trinajstić information content (AvgIpc) is 2.74. The molecule has 0 N–H and O–H groups in total. The van der Waals surface area contributed by atoms with Crippen LogP contribution in [-0.4, -0.2) is 27.9 Å². The zero-order valence-electron chi connectivity index (χ0n) is 18.1. The predicted molar refractivity (Wildman–Crippen MR) is 124 cm³/mol. The molecule has 1 aliphatic rings. The van der Waals surface area contributed by atoms with E-state index in [4.69, 9.17) is 9.72 Å². The molecule has 1 aromatic heterocycles. The van der Waals surface area contributed by atoms with E-state index in [-0.39, 0.29) is 22.7 Å². The van der Waals surface area contributed by atoms with Gasteiger partial charge < -0.3 is 4.74 Å². The molecule has 0 spiro atoms. The molecule has 160 valence electrons. The number of carbonyl (C=O) groups excluding carboxylic acids is 1. The van der Waals surface area contributed by atoms with Crippen molar-refractivity contribution in [1.29, 1.82) is 0 Å². The van der Waals surface area contributed by atoms with E-state index >= 15 is 0 Å². The molecule has 3 aromatic rings. The number of aromatic nitrogens is 2. The first-order chi connectivity index (χ1) is 14.9. The summed E-state index contributed by atoms with van der Waals surface area (Å²) >= 11 is 1.25. The maximum Gasteiger partial charge on any atom is 0.316 e. The number of rotatable bonds is 6. The van der Waals surface area contributed by atoms with Gasteiger partial charge in [-0.15, -0.1) is 0 Å². The van der Waals surface area contributed by atoms with E-state index in [2.05, 4.69) is 19.9 Å². The Morgan fingerprint density at radius 3 is 2.58 bits per heavy atom. The molecule has 0 aliphatic heterocycles. The minimum atomic E-state index is -0.337. The summed E-state index contributed by atoms with van der Waals surface area (Å²) in [5.74, 6) is -0.203. The number of hydrogen-bond donors (Lipinski definition) is 0. The van der Waals surface area contributed by atoms with Crippen LogP contribution in [0.1, 0.15) is 37.5 Å². The average molecular weight is 435 g/mol. The molecule has 0 saturated heterocycles. The van der Waals surface area contributed by atoms with Crippen LogP contribution in [0.5, 0.6) is 0 Å². The summed E-state index contributed by atoms with van der Waals surface area (Å²) in [5, 5.41) is 0.535. The topological polar surface area (TPSA) is 61.2 Å². The number of benzene rings is 2. The molecule has 1 heterocycles. The number of nitrogens with zero attached hydrogens (tertiary/aromatic N) is 2. The minimum absolute atomic E-state index is 0.0419. The molecular formula is C25H26N2O3S. The van der Waals surface area contributed by atoms with E-state index in [1.54, 1.807) is 11.5 Å². The third-order valence-electron chi connectivity index (χ3n) is 5.52. The zero-order chi connectivity index (χ0) is 22.0. The fourth-order valence-corrected chi connectivity index (χ4v) is 4.94. The summed E-state index contributed by atoms with van der Waals surface area (Å²) in [5.41, 5.74) is 4.29. The first kappa shape index (κ1) is 21.4. The van der Waals surface area contributed by atoms with E-state index < -0.39 is 0 Å². The molecule has 1 aliphatic carbocycles. The third kappa shape index (κ3) is 4.30. The van der Waals surface area contributed by atoms with Crippen LogP contribution in [0.4, 0.5) is 0 Å². The van der Waals surface area contributed by atoms with E-state index in [1.165, 1.54) is 17.3 Å². The highest BCUT2D eigenvalue weighted by molar-refractivity contribution is 7.99.